The van der Waals surface area contributed by atoms with Crippen LogP contribution in [0.4, 0.5) is 0 Å². The van der Waals surface area contributed by atoms with Gasteiger partial charge in [-0.25, -0.2) is 0 Å². The molecule has 56 heavy (non-hydrogen) atoms. The smallest absolute Gasteiger partial charge is 0.0159 e. The summed E-state index contributed by atoms with van der Waals surface area (Å²) in [7, 11) is 0. The van der Waals surface area contributed by atoms with E-state index in [9.17, 15) is 0 Å². The predicted molar refractivity (Wildman–Crippen MR) is 238 cm³/mol. The third-order valence-electron chi connectivity index (χ3n) is 13.1. The molecule has 0 atom stereocenters. The third kappa shape index (κ3) is 4.66. The molecule has 0 fully saturated rings. The molecule has 0 bridgehead atoms. The average Bonchev–Trinajstić information content (AvgIpc) is 3.61. The number of hydrogen-bond acceptors (Lipinski definition) is 0. The highest BCUT2D eigenvalue weighted by atomic mass is 14.4. The van der Waals surface area contributed by atoms with E-state index < -0.39 is 0 Å². The van der Waals surface area contributed by atoms with Crippen LogP contribution in [0.3, 0.4) is 0 Å². The second kappa shape index (κ2) is 12.0. The van der Waals surface area contributed by atoms with Crippen molar-refractivity contribution in [3.63, 3.8) is 0 Å². The largest absolute Gasteiger partial charge is 0.0622 e. The standard InChI is InChI=1S/C56H42/c1-55(2)48-25-14-13-20-41(48)42-29-26-37(32-49(42)55)38-27-30-43-44-31-28-39(34-51(44)56(3,4)50(43)33-38)52-45-21-11-12-22-46(45)53(36-18-9-6-10-19-36)54-40(23-15-24-47(52)54)35-16-7-5-8-17-35/h5-34H,1-4H3. The Morgan fingerprint density at radius 1 is 0.268 bits per heavy atom. The number of hydrogen-bond donors (Lipinski definition) is 0. The molecular weight excluding hydrogens is 673 g/mol. The van der Waals surface area contributed by atoms with Crippen LogP contribution in [0.15, 0.2) is 182 Å². The van der Waals surface area contributed by atoms with Gasteiger partial charge in [0.1, 0.15) is 0 Å². The third-order valence-corrected chi connectivity index (χ3v) is 13.1. The lowest BCUT2D eigenvalue weighted by Gasteiger charge is -2.24. The normalized spacial score (nSPS) is 14.4. The molecule has 0 saturated carbocycles. The van der Waals surface area contributed by atoms with Gasteiger partial charge in [0.2, 0.25) is 0 Å². The second-order valence-electron chi connectivity index (χ2n) is 16.8. The molecule has 11 rings (SSSR count). The molecular formula is C56H42. The van der Waals surface area contributed by atoms with E-state index in [0.29, 0.717) is 0 Å². The fourth-order valence-electron chi connectivity index (χ4n) is 10.3. The SMILES string of the molecule is CC1(C)c2ccccc2-c2ccc(-c3ccc4c(c3)C(C)(C)c3cc(-c5c6ccccc6c(-c6ccccc6)c6c(-c7ccccc7)cccc56)ccc3-4)cc21. The molecule has 0 heteroatoms. The average molecular weight is 715 g/mol. The van der Waals surface area contributed by atoms with Gasteiger partial charge in [0.15, 0.2) is 0 Å². The van der Waals surface area contributed by atoms with Crippen molar-refractivity contribution in [1.29, 1.82) is 0 Å². The second-order valence-corrected chi connectivity index (χ2v) is 16.8. The van der Waals surface area contributed by atoms with Crippen molar-refractivity contribution in [3.8, 4) is 66.8 Å². The maximum Gasteiger partial charge on any atom is 0.0159 e. The maximum atomic E-state index is 2.50. The van der Waals surface area contributed by atoms with Crippen LogP contribution in [0.25, 0.3) is 88.3 Å². The maximum absolute atomic E-state index is 2.50. The van der Waals surface area contributed by atoms with Gasteiger partial charge in [0, 0.05) is 10.8 Å². The molecule has 0 aliphatic heterocycles. The van der Waals surface area contributed by atoms with Crippen LogP contribution >= 0.6 is 0 Å². The fraction of sp³-hybridized carbons (Fsp3) is 0.107. The Hall–Kier alpha value is -6.50. The molecule has 9 aromatic carbocycles. The van der Waals surface area contributed by atoms with Crippen LogP contribution in [0.2, 0.25) is 0 Å². The van der Waals surface area contributed by atoms with Gasteiger partial charge in [-0.2, -0.15) is 0 Å². The Balaban J connectivity index is 1.08. The zero-order valence-electron chi connectivity index (χ0n) is 32.3. The van der Waals surface area contributed by atoms with Crippen LogP contribution in [-0.4, -0.2) is 0 Å². The van der Waals surface area contributed by atoms with Gasteiger partial charge in [0.25, 0.3) is 0 Å². The Morgan fingerprint density at radius 2 is 0.696 bits per heavy atom. The first-order valence-electron chi connectivity index (χ1n) is 19.9. The quantitative estimate of drug-likeness (QED) is 0.159. The molecule has 2 aliphatic carbocycles. The lowest BCUT2D eigenvalue weighted by molar-refractivity contribution is 0.659. The summed E-state index contributed by atoms with van der Waals surface area (Å²) in [4.78, 5) is 0. The lowest BCUT2D eigenvalue weighted by Crippen LogP contribution is -2.15. The summed E-state index contributed by atoms with van der Waals surface area (Å²) in [5.41, 5.74) is 21.0. The molecule has 0 unspecified atom stereocenters. The van der Waals surface area contributed by atoms with E-state index in [4.69, 9.17) is 0 Å². The monoisotopic (exact) mass is 714 g/mol. The van der Waals surface area contributed by atoms with E-state index in [-0.39, 0.29) is 10.8 Å². The minimum atomic E-state index is -0.173. The summed E-state index contributed by atoms with van der Waals surface area (Å²) in [6.45, 7) is 9.56. The zero-order chi connectivity index (χ0) is 37.8. The summed E-state index contributed by atoms with van der Waals surface area (Å²) < 4.78 is 0. The van der Waals surface area contributed by atoms with Crippen LogP contribution in [-0.2, 0) is 10.8 Å². The van der Waals surface area contributed by atoms with Crippen molar-refractivity contribution in [2.45, 2.75) is 38.5 Å². The number of rotatable bonds is 4. The van der Waals surface area contributed by atoms with Crippen molar-refractivity contribution >= 4 is 21.5 Å². The minimum Gasteiger partial charge on any atom is -0.0622 e. The molecule has 0 radical (unpaired) electrons. The van der Waals surface area contributed by atoms with Gasteiger partial charge in [-0.1, -0.05) is 191 Å². The fourth-order valence-corrected chi connectivity index (χ4v) is 10.3. The summed E-state index contributed by atoms with van der Waals surface area (Å²) in [6.07, 6.45) is 0. The Morgan fingerprint density at radius 3 is 1.32 bits per heavy atom. The van der Waals surface area contributed by atoms with Gasteiger partial charge in [-0.3, -0.25) is 0 Å². The molecule has 2 aliphatic rings. The molecule has 0 N–H and O–H groups in total. The van der Waals surface area contributed by atoms with Crippen molar-refractivity contribution in [1.82, 2.24) is 0 Å². The topological polar surface area (TPSA) is 0 Å². The van der Waals surface area contributed by atoms with Gasteiger partial charge in [-0.15, -0.1) is 0 Å². The number of benzene rings is 9. The van der Waals surface area contributed by atoms with Gasteiger partial charge < -0.3 is 0 Å². The van der Waals surface area contributed by atoms with E-state index in [2.05, 4.69) is 210 Å². The van der Waals surface area contributed by atoms with E-state index in [1.54, 1.807) is 0 Å². The highest BCUT2D eigenvalue weighted by molar-refractivity contribution is 6.24. The molecule has 0 spiro atoms. The van der Waals surface area contributed by atoms with Gasteiger partial charge >= 0.3 is 0 Å². The highest BCUT2D eigenvalue weighted by Crippen LogP contribution is 2.54. The molecule has 266 valence electrons. The molecule has 0 aromatic heterocycles. The van der Waals surface area contributed by atoms with Crippen molar-refractivity contribution in [2.24, 2.45) is 0 Å². The van der Waals surface area contributed by atoms with E-state index in [1.165, 1.54) is 111 Å². The highest BCUT2D eigenvalue weighted by Gasteiger charge is 2.38. The molecule has 0 saturated heterocycles. The lowest BCUT2D eigenvalue weighted by atomic mass is 9.79. The Kier molecular flexibility index (Phi) is 7.05. The van der Waals surface area contributed by atoms with Crippen molar-refractivity contribution in [2.75, 3.05) is 0 Å². The van der Waals surface area contributed by atoms with Crippen LogP contribution in [0, 0.1) is 0 Å². The Bertz CT molecular complexity index is 3050. The molecule has 0 amide bonds. The van der Waals surface area contributed by atoms with Gasteiger partial charge in [0.05, 0.1) is 0 Å². The van der Waals surface area contributed by atoms with Gasteiger partial charge in [-0.05, 0) is 129 Å². The van der Waals surface area contributed by atoms with Crippen LogP contribution in [0.5, 0.6) is 0 Å². The molecule has 9 aromatic rings. The molecule has 0 nitrogen and oxygen atoms in total. The minimum absolute atomic E-state index is 0.0277. The molecule has 0 heterocycles. The first kappa shape index (κ1) is 32.9. The van der Waals surface area contributed by atoms with E-state index in [0.717, 1.165) is 0 Å². The predicted octanol–water partition coefficient (Wildman–Crippen LogP) is 15.3. The number of fused-ring (bicyclic) bond motifs is 8. The van der Waals surface area contributed by atoms with Crippen molar-refractivity contribution in [3.05, 3.63) is 204 Å². The van der Waals surface area contributed by atoms with Crippen molar-refractivity contribution < 1.29 is 0 Å². The first-order valence-corrected chi connectivity index (χ1v) is 19.9. The zero-order valence-corrected chi connectivity index (χ0v) is 32.3. The van der Waals surface area contributed by atoms with E-state index in [1.807, 2.05) is 0 Å². The van der Waals surface area contributed by atoms with Crippen LogP contribution in [0.1, 0.15) is 49.9 Å². The summed E-state index contributed by atoms with van der Waals surface area (Å²) >= 11 is 0. The summed E-state index contributed by atoms with van der Waals surface area (Å²) in [5.74, 6) is 0. The summed E-state index contributed by atoms with van der Waals surface area (Å²) in [6, 6.07) is 68.2. The van der Waals surface area contributed by atoms with Crippen LogP contribution < -0.4 is 0 Å². The Labute approximate surface area is 329 Å². The first-order chi connectivity index (χ1) is 27.3. The van der Waals surface area contributed by atoms with E-state index >= 15 is 0 Å². The summed E-state index contributed by atoms with van der Waals surface area (Å²) in [5, 5.41) is 5.13.